The fourth-order valence-electron chi connectivity index (χ4n) is 2.42. The molecule has 0 N–H and O–H groups in total. The van der Waals surface area contributed by atoms with Gasteiger partial charge in [-0.05, 0) is 38.1 Å². The van der Waals surface area contributed by atoms with Gasteiger partial charge in [0.2, 0.25) is 0 Å². The number of thioether (sulfide) groups is 1. The molecule has 7 heteroatoms. The quantitative estimate of drug-likeness (QED) is 0.423. The Morgan fingerprint density at radius 1 is 1.15 bits per heavy atom. The van der Waals surface area contributed by atoms with Crippen molar-refractivity contribution in [2.24, 2.45) is 7.05 Å². The fraction of sp³-hybridized carbons (Fsp3) is 0.250. The summed E-state index contributed by atoms with van der Waals surface area (Å²) in [7, 11) is 1.87. The van der Waals surface area contributed by atoms with E-state index in [0.29, 0.717) is 27.3 Å². The molecule has 1 aromatic heterocycles. The first-order valence-corrected chi connectivity index (χ1v) is 9.74. The Morgan fingerprint density at radius 3 is 2.48 bits per heavy atom. The monoisotopic (exact) mass is 401 g/mol. The lowest BCUT2D eigenvalue weighted by Gasteiger charge is -2.10. The standard InChI is InChI=1S/C20H20ClN3O2S/c1-13-4-6-15(7-5-13)19(25)14(2)27-20-23-22-18(24(20)3)12-26-17-10-8-16(21)9-11-17/h4-11,14H,12H2,1-3H3. The Hall–Kier alpha value is -2.31. The molecule has 0 spiro atoms. The summed E-state index contributed by atoms with van der Waals surface area (Å²) in [6, 6.07) is 14.7. The molecule has 5 nitrogen and oxygen atoms in total. The first kappa shape index (κ1) is 19.5. The molecule has 140 valence electrons. The highest BCUT2D eigenvalue weighted by Crippen LogP contribution is 2.25. The Bertz CT molecular complexity index is 923. The summed E-state index contributed by atoms with van der Waals surface area (Å²) in [5, 5.41) is 9.44. The third-order valence-corrected chi connectivity index (χ3v) is 5.48. The van der Waals surface area contributed by atoms with Crippen LogP contribution in [0.25, 0.3) is 0 Å². The molecule has 27 heavy (non-hydrogen) atoms. The molecule has 1 unspecified atom stereocenters. The summed E-state index contributed by atoms with van der Waals surface area (Å²) in [6.07, 6.45) is 0. The van der Waals surface area contributed by atoms with E-state index in [1.54, 1.807) is 24.3 Å². The number of carbonyl (C=O) groups is 1. The minimum Gasteiger partial charge on any atom is -0.486 e. The molecule has 0 amide bonds. The van der Waals surface area contributed by atoms with Crippen molar-refractivity contribution in [2.75, 3.05) is 0 Å². The zero-order valence-corrected chi connectivity index (χ0v) is 16.9. The number of aryl methyl sites for hydroxylation is 1. The molecule has 1 atom stereocenters. The Balaban J connectivity index is 1.63. The van der Waals surface area contributed by atoms with E-state index in [4.69, 9.17) is 16.3 Å². The molecular formula is C20H20ClN3O2S. The fourth-order valence-corrected chi connectivity index (χ4v) is 3.45. The topological polar surface area (TPSA) is 57.0 Å². The minimum absolute atomic E-state index is 0.0713. The van der Waals surface area contributed by atoms with Crippen LogP contribution in [0.1, 0.15) is 28.7 Å². The summed E-state index contributed by atoms with van der Waals surface area (Å²) >= 11 is 7.26. The predicted molar refractivity (Wildman–Crippen MR) is 108 cm³/mol. The SMILES string of the molecule is Cc1ccc(C(=O)C(C)Sc2nnc(COc3ccc(Cl)cc3)n2C)cc1. The molecule has 0 radical (unpaired) electrons. The molecule has 3 aromatic rings. The van der Waals surface area contributed by atoms with Crippen LogP contribution in [0.3, 0.4) is 0 Å². The van der Waals surface area contributed by atoms with E-state index >= 15 is 0 Å². The van der Waals surface area contributed by atoms with Crippen LogP contribution in [0.4, 0.5) is 0 Å². The van der Waals surface area contributed by atoms with E-state index in [2.05, 4.69) is 10.2 Å². The van der Waals surface area contributed by atoms with Gasteiger partial charge in [-0.2, -0.15) is 0 Å². The predicted octanol–water partition coefficient (Wildman–Crippen LogP) is 4.72. The molecule has 0 aliphatic heterocycles. The van der Waals surface area contributed by atoms with E-state index in [-0.39, 0.29) is 17.6 Å². The number of aromatic nitrogens is 3. The van der Waals surface area contributed by atoms with Crippen LogP contribution < -0.4 is 4.74 Å². The van der Waals surface area contributed by atoms with Crippen LogP contribution in [-0.2, 0) is 13.7 Å². The van der Waals surface area contributed by atoms with Crippen LogP contribution in [0.15, 0.2) is 53.7 Å². The van der Waals surface area contributed by atoms with E-state index in [1.165, 1.54) is 11.8 Å². The molecule has 1 heterocycles. The summed E-state index contributed by atoms with van der Waals surface area (Å²) in [5.41, 5.74) is 1.83. The van der Waals surface area contributed by atoms with Crippen molar-refractivity contribution < 1.29 is 9.53 Å². The maximum Gasteiger partial charge on any atom is 0.191 e. The highest BCUT2D eigenvalue weighted by Gasteiger charge is 2.20. The molecule has 3 rings (SSSR count). The normalized spacial score (nSPS) is 12.0. The number of carbonyl (C=O) groups excluding carboxylic acids is 1. The van der Waals surface area contributed by atoms with Crippen molar-refractivity contribution in [2.45, 2.75) is 30.9 Å². The van der Waals surface area contributed by atoms with Gasteiger partial charge in [0.05, 0.1) is 5.25 Å². The van der Waals surface area contributed by atoms with Crippen LogP contribution in [-0.4, -0.2) is 25.8 Å². The lowest BCUT2D eigenvalue weighted by atomic mass is 10.1. The van der Waals surface area contributed by atoms with Gasteiger partial charge in [0.25, 0.3) is 0 Å². The van der Waals surface area contributed by atoms with Gasteiger partial charge in [-0.25, -0.2) is 0 Å². The van der Waals surface area contributed by atoms with Crippen LogP contribution in [0, 0.1) is 6.92 Å². The van der Waals surface area contributed by atoms with E-state index in [9.17, 15) is 4.79 Å². The van der Waals surface area contributed by atoms with Gasteiger partial charge in [-0.15, -0.1) is 10.2 Å². The molecule has 0 saturated heterocycles. The maximum atomic E-state index is 12.6. The lowest BCUT2D eigenvalue weighted by Crippen LogP contribution is -2.14. The summed E-state index contributed by atoms with van der Waals surface area (Å²) in [4.78, 5) is 12.6. The molecule has 2 aromatic carbocycles. The average molecular weight is 402 g/mol. The molecule has 0 aliphatic carbocycles. The van der Waals surface area contributed by atoms with Crippen molar-refractivity contribution in [3.05, 3.63) is 70.5 Å². The Morgan fingerprint density at radius 2 is 1.81 bits per heavy atom. The second kappa shape index (κ2) is 8.59. The van der Waals surface area contributed by atoms with Crippen LogP contribution in [0.5, 0.6) is 5.75 Å². The molecule has 0 saturated carbocycles. The third-order valence-electron chi connectivity index (χ3n) is 4.09. The molecule has 0 fully saturated rings. The second-order valence-corrected chi connectivity index (χ2v) is 7.94. The van der Waals surface area contributed by atoms with Gasteiger partial charge in [-0.1, -0.05) is 53.2 Å². The van der Waals surface area contributed by atoms with Gasteiger partial charge < -0.3 is 9.30 Å². The number of nitrogens with zero attached hydrogens (tertiary/aromatic N) is 3. The lowest BCUT2D eigenvalue weighted by molar-refractivity contribution is 0.0994. The number of Topliss-reactive ketones (excluding diaryl/α,β-unsaturated/α-hetero) is 1. The van der Waals surface area contributed by atoms with Gasteiger partial charge in [-0.3, -0.25) is 4.79 Å². The van der Waals surface area contributed by atoms with Gasteiger partial charge in [0, 0.05) is 17.6 Å². The summed E-state index contributed by atoms with van der Waals surface area (Å²) < 4.78 is 7.56. The zero-order chi connectivity index (χ0) is 19.4. The van der Waals surface area contributed by atoms with Crippen molar-refractivity contribution >= 4 is 29.1 Å². The van der Waals surface area contributed by atoms with E-state index < -0.39 is 0 Å². The van der Waals surface area contributed by atoms with Crippen molar-refractivity contribution in [1.29, 1.82) is 0 Å². The van der Waals surface area contributed by atoms with Gasteiger partial charge in [0.15, 0.2) is 16.8 Å². The van der Waals surface area contributed by atoms with Gasteiger partial charge >= 0.3 is 0 Å². The van der Waals surface area contributed by atoms with Crippen molar-refractivity contribution in [1.82, 2.24) is 14.8 Å². The average Bonchev–Trinajstić information content (AvgIpc) is 3.01. The highest BCUT2D eigenvalue weighted by atomic mass is 35.5. The summed E-state index contributed by atoms with van der Waals surface area (Å²) in [6.45, 7) is 4.16. The van der Waals surface area contributed by atoms with E-state index in [0.717, 1.165) is 5.56 Å². The largest absolute Gasteiger partial charge is 0.486 e. The van der Waals surface area contributed by atoms with E-state index in [1.807, 2.05) is 49.7 Å². The van der Waals surface area contributed by atoms with Crippen LogP contribution in [0.2, 0.25) is 5.02 Å². The molecule has 0 bridgehead atoms. The zero-order valence-electron chi connectivity index (χ0n) is 15.3. The molecular weight excluding hydrogens is 382 g/mol. The third kappa shape index (κ3) is 4.90. The number of rotatable bonds is 7. The smallest absolute Gasteiger partial charge is 0.191 e. The number of halogens is 1. The number of hydrogen-bond donors (Lipinski definition) is 0. The number of benzene rings is 2. The Kier molecular flexibility index (Phi) is 6.19. The Labute approximate surface area is 167 Å². The van der Waals surface area contributed by atoms with Crippen molar-refractivity contribution in [3.63, 3.8) is 0 Å². The summed E-state index contributed by atoms with van der Waals surface area (Å²) in [5.74, 6) is 1.46. The number of ketones is 1. The first-order chi connectivity index (χ1) is 12.9. The second-order valence-electron chi connectivity index (χ2n) is 6.19. The van der Waals surface area contributed by atoms with Gasteiger partial charge in [0.1, 0.15) is 12.4 Å². The first-order valence-electron chi connectivity index (χ1n) is 8.48. The van der Waals surface area contributed by atoms with Crippen molar-refractivity contribution in [3.8, 4) is 5.75 Å². The highest BCUT2D eigenvalue weighted by molar-refractivity contribution is 8.00. The number of ether oxygens (including phenoxy) is 1. The number of hydrogen-bond acceptors (Lipinski definition) is 5. The van der Waals surface area contributed by atoms with Crippen LogP contribution >= 0.6 is 23.4 Å². The maximum absolute atomic E-state index is 12.6. The minimum atomic E-state index is -0.263. The molecule has 0 aliphatic rings.